The normalized spacial score (nSPS) is 11.0. The van der Waals surface area contributed by atoms with Crippen molar-refractivity contribution in [1.29, 1.82) is 0 Å². The number of hydrogen-bond acceptors (Lipinski definition) is 7. The molecule has 1 aromatic heterocycles. The van der Waals surface area contributed by atoms with Crippen LogP contribution >= 0.6 is 23.1 Å². The highest BCUT2D eigenvalue weighted by Gasteiger charge is 2.16. The molecule has 0 aliphatic rings. The van der Waals surface area contributed by atoms with Gasteiger partial charge in [-0.15, -0.1) is 11.3 Å². The summed E-state index contributed by atoms with van der Waals surface area (Å²) < 4.78 is 26.1. The highest BCUT2D eigenvalue weighted by Crippen LogP contribution is 2.22. The number of nitrogens with two attached hydrogens (primary N) is 2. The first-order valence-electron chi connectivity index (χ1n) is 7.09. The van der Waals surface area contributed by atoms with Crippen LogP contribution < -0.4 is 16.2 Å². The summed E-state index contributed by atoms with van der Waals surface area (Å²) in [6, 6.07) is 7.76. The Kier molecular flexibility index (Phi) is 6.79. The smallest absolute Gasteiger partial charge is 0.264 e. The first kappa shape index (κ1) is 19.2. The number of sulfonamides is 1. The van der Waals surface area contributed by atoms with Crippen molar-refractivity contribution < 1.29 is 13.2 Å². The Morgan fingerprint density at radius 2 is 2.00 bits per heavy atom. The summed E-state index contributed by atoms with van der Waals surface area (Å²) in [7, 11) is -3.81. The number of carbonyl (C=O) groups excluding carboxylic acids is 1. The van der Waals surface area contributed by atoms with E-state index in [1.54, 1.807) is 18.2 Å². The highest BCUT2D eigenvalue weighted by atomic mass is 32.2. The Hall–Kier alpha value is -2.11. The number of carbonyl (C=O) groups is 1. The predicted octanol–water partition coefficient (Wildman–Crippen LogP) is 1.18. The third-order valence-corrected chi connectivity index (χ3v) is 5.95. The fraction of sp³-hybridized carbons (Fsp3) is 0.214. The monoisotopic (exact) mass is 399 g/mol. The van der Waals surface area contributed by atoms with Gasteiger partial charge < -0.3 is 11.5 Å². The van der Waals surface area contributed by atoms with Gasteiger partial charge in [0.15, 0.2) is 5.96 Å². The van der Waals surface area contributed by atoms with E-state index < -0.39 is 15.9 Å². The first-order chi connectivity index (χ1) is 11.9. The lowest BCUT2D eigenvalue weighted by atomic mass is 10.4. The molecule has 5 N–H and O–H groups in total. The quantitative estimate of drug-likeness (QED) is 0.344. The summed E-state index contributed by atoms with van der Waals surface area (Å²) in [5, 5.41) is 2.30. The summed E-state index contributed by atoms with van der Waals surface area (Å²) in [6.45, 7) is 0. The molecular formula is C14H17N5O3S3. The van der Waals surface area contributed by atoms with Crippen LogP contribution in [0.3, 0.4) is 0 Å². The maximum atomic E-state index is 12.0. The van der Waals surface area contributed by atoms with Crippen LogP contribution in [0.4, 0.5) is 5.13 Å². The molecule has 0 aliphatic carbocycles. The minimum atomic E-state index is -3.81. The van der Waals surface area contributed by atoms with Crippen molar-refractivity contribution in [3.63, 3.8) is 0 Å². The lowest BCUT2D eigenvalue weighted by Gasteiger charge is -2.06. The lowest BCUT2D eigenvalue weighted by Crippen LogP contribution is -2.30. The Morgan fingerprint density at radius 3 is 2.68 bits per heavy atom. The van der Waals surface area contributed by atoms with E-state index in [1.165, 1.54) is 35.2 Å². The SMILES string of the molecule is NC(N)=Nc1nc(CSCCC(=O)NS(=O)(=O)c2ccccc2)cs1. The second-order valence-corrected chi connectivity index (χ2v) is 8.43. The van der Waals surface area contributed by atoms with Gasteiger partial charge in [0.05, 0.1) is 10.6 Å². The van der Waals surface area contributed by atoms with E-state index in [0.29, 0.717) is 16.6 Å². The Balaban J connectivity index is 1.75. The molecule has 11 heteroatoms. The van der Waals surface area contributed by atoms with E-state index in [2.05, 4.69) is 14.7 Å². The molecule has 0 bridgehead atoms. The molecule has 0 spiro atoms. The van der Waals surface area contributed by atoms with E-state index in [1.807, 2.05) is 5.38 Å². The molecule has 0 unspecified atom stereocenters. The summed E-state index contributed by atoms with van der Waals surface area (Å²) in [5.74, 6) is 0.446. The molecule has 2 aromatic rings. The van der Waals surface area contributed by atoms with Gasteiger partial charge in [0.2, 0.25) is 11.0 Å². The van der Waals surface area contributed by atoms with Gasteiger partial charge in [-0.3, -0.25) is 4.79 Å². The number of amides is 1. The van der Waals surface area contributed by atoms with Gasteiger partial charge in [0, 0.05) is 23.3 Å². The minimum absolute atomic E-state index is 0.0511. The molecule has 2 rings (SSSR count). The number of hydrogen-bond donors (Lipinski definition) is 3. The van der Waals surface area contributed by atoms with Crippen molar-refractivity contribution in [1.82, 2.24) is 9.71 Å². The number of aromatic nitrogens is 1. The van der Waals surface area contributed by atoms with Crippen molar-refractivity contribution in [3.8, 4) is 0 Å². The van der Waals surface area contributed by atoms with Crippen molar-refractivity contribution in [2.45, 2.75) is 17.1 Å². The molecular weight excluding hydrogens is 382 g/mol. The maximum absolute atomic E-state index is 12.0. The largest absolute Gasteiger partial charge is 0.370 e. The molecule has 0 aliphatic heterocycles. The molecule has 25 heavy (non-hydrogen) atoms. The summed E-state index contributed by atoms with van der Waals surface area (Å²) >= 11 is 2.78. The molecule has 8 nitrogen and oxygen atoms in total. The van der Waals surface area contributed by atoms with E-state index in [4.69, 9.17) is 11.5 Å². The summed E-state index contributed by atoms with van der Waals surface area (Å²) in [4.78, 5) is 19.9. The molecule has 0 saturated carbocycles. The zero-order valence-electron chi connectivity index (χ0n) is 13.1. The molecule has 1 heterocycles. The maximum Gasteiger partial charge on any atom is 0.264 e. The fourth-order valence-electron chi connectivity index (χ4n) is 1.73. The van der Waals surface area contributed by atoms with Crippen molar-refractivity contribution in [2.75, 3.05) is 5.75 Å². The summed E-state index contributed by atoms with van der Waals surface area (Å²) in [6.07, 6.45) is 0.0849. The van der Waals surface area contributed by atoms with E-state index in [-0.39, 0.29) is 17.3 Å². The van der Waals surface area contributed by atoms with Gasteiger partial charge in [0.25, 0.3) is 10.0 Å². The third kappa shape index (κ3) is 6.36. The van der Waals surface area contributed by atoms with E-state index in [9.17, 15) is 13.2 Å². The molecule has 0 radical (unpaired) electrons. The van der Waals surface area contributed by atoms with Gasteiger partial charge in [-0.25, -0.2) is 18.1 Å². The zero-order chi connectivity index (χ0) is 18.3. The van der Waals surface area contributed by atoms with Crippen LogP contribution in [-0.4, -0.2) is 31.0 Å². The Bertz CT molecular complexity index is 846. The fourth-order valence-corrected chi connectivity index (χ4v) is 4.40. The van der Waals surface area contributed by atoms with Crippen molar-refractivity contribution >= 4 is 50.1 Å². The van der Waals surface area contributed by atoms with Gasteiger partial charge >= 0.3 is 0 Å². The molecule has 0 saturated heterocycles. The van der Waals surface area contributed by atoms with Crippen LogP contribution in [0.1, 0.15) is 12.1 Å². The van der Waals surface area contributed by atoms with Crippen LogP contribution in [0, 0.1) is 0 Å². The van der Waals surface area contributed by atoms with Crippen LogP contribution in [0.25, 0.3) is 0 Å². The van der Waals surface area contributed by atoms with Crippen LogP contribution in [-0.2, 0) is 20.6 Å². The standard InChI is InChI=1S/C14H17N5O3S3/c15-13(16)18-14-17-10(9-24-14)8-23-7-6-12(20)19-25(21,22)11-4-2-1-3-5-11/h1-5,9H,6-8H2,(H,19,20)(H4,15,16,17,18). The van der Waals surface area contributed by atoms with Crippen molar-refractivity contribution in [2.24, 2.45) is 16.5 Å². The number of nitrogens with one attached hydrogen (secondary N) is 1. The number of guanidine groups is 1. The molecule has 1 aromatic carbocycles. The second-order valence-electron chi connectivity index (χ2n) is 4.80. The van der Waals surface area contributed by atoms with E-state index in [0.717, 1.165) is 5.69 Å². The van der Waals surface area contributed by atoms with Gasteiger partial charge in [0.1, 0.15) is 0 Å². The number of rotatable bonds is 8. The number of nitrogens with zero attached hydrogens (tertiary/aromatic N) is 2. The number of aliphatic imine (C=N–C) groups is 1. The predicted molar refractivity (Wildman–Crippen MR) is 100 cm³/mol. The van der Waals surface area contributed by atoms with E-state index >= 15 is 0 Å². The molecule has 134 valence electrons. The van der Waals surface area contributed by atoms with Gasteiger partial charge in [-0.05, 0) is 12.1 Å². The van der Waals surface area contributed by atoms with Crippen LogP contribution in [0.5, 0.6) is 0 Å². The first-order valence-corrected chi connectivity index (χ1v) is 10.6. The Morgan fingerprint density at radius 1 is 1.28 bits per heavy atom. The van der Waals surface area contributed by atoms with Gasteiger partial charge in [-0.2, -0.15) is 16.8 Å². The third-order valence-electron chi connectivity index (χ3n) is 2.79. The topological polar surface area (TPSA) is 141 Å². The number of thioether (sulfide) groups is 1. The number of thiazole rings is 1. The highest BCUT2D eigenvalue weighted by molar-refractivity contribution is 7.98. The summed E-state index contributed by atoms with van der Waals surface area (Å²) in [5.41, 5.74) is 11.4. The van der Waals surface area contributed by atoms with Gasteiger partial charge in [-0.1, -0.05) is 18.2 Å². The minimum Gasteiger partial charge on any atom is -0.370 e. The number of benzene rings is 1. The van der Waals surface area contributed by atoms with Crippen molar-refractivity contribution in [3.05, 3.63) is 41.4 Å². The molecule has 0 fully saturated rings. The molecule has 1 amide bonds. The Labute approximate surface area is 153 Å². The average molecular weight is 400 g/mol. The second kappa shape index (κ2) is 8.83. The average Bonchev–Trinajstić information content (AvgIpc) is 2.98. The van der Waals surface area contributed by atoms with Crippen LogP contribution in [0.15, 0.2) is 45.6 Å². The lowest BCUT2D eigenvalue weighted by molar-refractivity contribution is -0.118. The molecule has 0 atom stereocenters. The van der Waals surface area contributed by atoms with Crippen LogP contribution in [0.2, 0.25) is 0 Å². The zero-order valence-corrected chi connectivity index (χ0v) is 15.5.